The lowest BCUT2D eigenvalue weighted by Crippen LogP contribution is -2.20. The molecular weight excluding hydrogens is 330 g/mol. The minimum Gasteiger partial charge on any atom is -0.496 e. The van der Waals surface area contributed by atoms with Crippen LogP contribution in [-0.4, -0.2) is 25.4 Å². The first-order valence-corrected chi connectivity index (χ1v) is 7.44. The zero-order valence-corrected chi connectivity index (χ0v) is 13.7. The van der Waals surface area contributed by atoms with E-state index >= 15 is 0 Å². The molecule has 0 aliphatic heterocycles. The maximum absolute atomic E-state index is 12.3. The number of halogens is 1. The molecule has 2 N–H and O–H groups in total. The maximum Gasteiger partial charge on any atom is 0.255 e. The van der Waals surface area contributed by atoms with Gasteiger partial charge in [-0.3, -0.25) is 9.59 Å². The second-order valence-electron chi connectivity index (χ2n) is 4.87. The van der Waals surface area contributed by atoms with Crippen molar-refractivity contribution in [2.24, 2.45) is 5.73 Å². The van der Waals surface area contributed by atoms with E-state index in [0.29, 0.717) is 22.1 Å². The van der Waals surface area contributed by atoms with Crippen LogP contribution in [0.25, 0.3) is 6.08 Å². The van der Waals surface area contributed by atoms with E-state index in [0.717, 1.165) is 5.56 Å². The third kappa shape index (κ3) is 4.86. The fourth-order valence-electron chi connectivity index (χ4n) is 1.99. The molecule has 0 spiro atoms. The summed E-state index contributed by atoms with van der Waals surface area (Å²) in [5, 5.41) is 0.595. The fourth-order valence-corrected chi connectivity index (χ4v) is 2.19. The van der Waals surface area contributed by atoms with E-state index in [2.05, 4.69) is 0 Å². The van der Waals surface area contributed by atoms with Crippen molar-refractivity contribution in [2.75, 3.05) is 13.7 Å². The van der Waals surface area contributed by atoms with Gasteiger partial charge in [0.1, 0.15) is 11.5 Å². The largest absolute Gasteiger partial charge is 0.496 e. The van der Waals surface area contributed by atoms with E-state index in [-0.39, 0.29) is 12.4 Å². The second-order valence-corrected chi connectivity index (χ2v) is 5.31. The highest BCUT2D eigenvalue weighted by molar-refractivity contribution is 6.30. The van der Waals surface area contributed by atoms with Crippen molar-refractivity contribution >= 4 is 29.4 Å². The molecule has 0 aromatic heterocycles. The van der Waals surface area contributed by atoms with Crippen molar-refractivity contribution in [1.82, 2.24) is 0 Å². The van der Waals surface area contributed by atoms with E-state index < -0.39 is 5.91 Å². The highest BCUT2D eigenvalue weighted by Gasteiger charge is 2.11. The molecular formula is C18H16ClNO4. The summed E-state index contributed by atoms with van der Waals surface area (Å²) in [6.45, 7) is -0.245. The summed E-state index contributed by atoms with van der Waals surface area (Å²) in [5.74, 6) is -0.0782. The molecule has 2 aromatic rings. The zero-order valence-electron chi connectivity index (χ0n) is 13.0. The van der Waals surface area contributed by atoms with Crippen molar-refractivity contribution in [3.8, 4) is 11.5 Å². The number of carbonyl (C=O) groups is 2. The molecule has 0 saturated heterocycles. The Kier molecular flexibility index (Phi) is 5.98. The number of benzene rings is 2. The molecule has 0 bridgehead atoms. The molecule has 1 amide bonds. The summed E-state index contributed by atoms with van der Waals surface area (Å²) >= 11 is 5.91. The summed E-state index contributed by atoms with van der Waals surface area (Å²) in [6, 6.07) is 11.8. The molecule has 5 nitrogen and oxygen atoms in total. The van der Waals surface area contributed by atoms with Gasteiger partial charge >= 0.3 is 0 Å². The maximum atomic E-state index is 12.3. The van der Waals surface area contributed by atoms with E-state index in [1.54, 1.807) is 36.4 Å². The molecule has 0 fully saturated rings. The van der Waals surface area contributed by atoms with E-state index in [1.165, 1.54) is 19.3 Å². The quantitative estimate of drug-likeness (QED) is 0.617. The van der Waals surface area contributed by atoms with Crippen molar-refractivity contribution in [1.29, 1.82) is 0 Å². The number of allylic oxidation sites excluding steroid dienone is 1. The van der Waals surface area contributed by atoms with Gasteiger partial charge in [-0.1, -0.05) is 29.8 Å². The summed E-state index contributed by atoms with van der Waals surface area (Å²) in [6.07, 6.45) is 3.11. The molecule has 0 aliphatic rings. The Morgan fingerprint density at radius 2 is 2.00 bits per heavy atom. The third-order valence-corrected chi connectivity index (χ3v) is 3.33. The van der Waals surface area contributed by atoms with Gasteiger partial charge in [0.25, 0.3) is 5.91 Å². The number of ketones is 1. The van der Waals surface area contributed by atoms with Crippen LogP contribution in [0.5, 0.6) is 11.5 Å². The zero-order chi connectivity index (χ0) is 17.5. The van der Waals surface area contributed by atoms with Crippen LogP contribution < -0.4 is 15.2 Å². The molecule has 0 aliphatic carbocycles. The predicted molar refractivity (Wildman–Crippen MR) is 92.5 cm³/mol. The number of ether oxygens (including phenoxy) is 2. The molecule has 0 heterocycles. The Morgan fingerprint density at radius 3 is 2.67 bits per heavy atom. The number of primary amides is 1. The number of carbonyl (C=O) groups excluding carboxylic acids is 2. The second kappa shape index (κ2) is 8.17. The van der Waals surface area contributed by atoms with Gasteiger partial charge in [-0.05, 0) is 35.9 Å². The van der Waals surface area contributed by atoms with Gasteiger partial charge in [0.15, 0.2) is 12.4 Å². The van der Waals surface area contributed by atoms with Crippen LogP contribution in [0.15, 0.2) is 48.5 Å². The van der Waals surface area contributed by atoms with Gasteiger partial charge in [0.05, 0.1) is 12.7 Å². The third-order valence-electron chi connectivity index (χ3n) is 3.10. The highest BCUT2D eigenvalue weighted by atomic mass is 35.5. The summed E-state index contributed by atoms with van der Waals surface area (Å²) < 4.78 is 10.4. The topological polar surface area (TPSA) is 78.6 Å². The van der Waals surface area contributed by atoms with E-state index in [1.807, 2.05) is 6.07 Å². The smallest absolute Gasteiger partial charge is 0.255 e. The van der Waals surface area contributed by atoms with Crippen LogP contribution in [0.4, 0.5) is 0 Å². The average molecular weight is 346 g/mol. The molecule has 6 heteroatoms. The van der Waals surface area contributed by atoms with Crippen LogP contribution in [0.1, 0.15) is 15.9 Å². The van der Waals surface area contributed by atoms with Gasteiger partial charge in [-0.15, -0.1) is 0 Å². The SMILES string of the molecule is COc1cc(OCC(N)=O)ccc1C(=O)/C=C/c1cccc(Cl)c1. The summed E-state index contributed by atoms with van der Waals surface area (Å²) in [7, 11) is 1.45. The first-order chi connectivity index (χ1) is 11.5. The van der Waals surface area contributed by atoms with Crippen molar-refractivity contribution in [3.63, 3.8) is 0 Å². The van der Waals surface area contributed by atoms with E-state index in [9.17, 15) is 9.59 Å². The molecule has 0 unspecified atom stereocenters. The molecule has 0 saturated carbocycles. The molecule has 124 valence electrons. The summed E-state index contributed by atoms with van der Waals surface area (Å²) in [5.41, 5.74) is 6.22. The monoisotopic (exact) mass is 345 g/mol. The summed E-state index contributed by atoms with van der Waals surface area (Å²) in [4.78, 5) is 23.1. The molecule has 2 rings (SSSR count). The van der Waals surface area contributed by atoms with Crippen molar-refractivity contribution < 1.29 is 19.1 Å². The number of hydrogen-bond acceptors (Lipinski definition) is 4. The lowest BCUT2D eigenvalue weighted by molar-refractivity contribution is -0.119. The van der Waals surface area contributed by atoms with Crippen LogP contribution in [0.3, 0.4) is 0 Å². The van der Waals surface area contributed by atoms with Gasteiger partial charge in [0.2, 0.25) is 0 Å². The minimum atomic E-state index is -0.585. The average Bonchev–Trinajstić information content (AvgIpc) is 2.57. The van der Waals surface area contributed by atoms with Gasteiger partial charge < -0.3 is 15.2 Å². The Labute approximate surface area is 144 Å². The molecule has 2 aromatic carbocycles. The predicted octanol–water partition coefficient (Wildman–Crippen LogP) is 3.11. The van der Waals surface area contributed by atoms with Crippen molar-refractivity contribution in [2.45, 2.75) is 0 Å². The first-order valence-electron chi connectivity index (χ1n) is 7.06. The number of amides is 1. The number of rotatable bonds is 7. The van der Waals surface area contributed by atoms with Crippen molar-refractivity contribution in [3.05, 3.63) is 64.7 Å². The Bertz CT molecular complexity index is 786. The molecule has 0 radical (unpaired) electrons. The lowest BCUT2D eigenvalue weighted by atomic mass is 10.1. The van der Waals surface area contributed by atoms with Crippen LogP contribution in [0.2, 0.25) is 5.02 Å². The van der Waals surface area contributed by atoms with Crippen LogP contribution >= 0.6 is 11.6 Å². The Balaban J connectivity index is 2.17. The first kappa shape index (κ1) is 17.6. The van der Waals surface area contributed by atoms with E-state index in [4.69, 9.17) is 26.8 Å². The standard InChI is InChI=1S/C18H16ClNO4/c1-23-17-10-14(24-11-18(20)22)6-7-15(17)16(21)8-5-12-3-2-4-13(19)9-12/h2-10H,11H2,1H3,(H2,20,22)/b8-5+. The lowest BCUT2D eigenvalue weighted by Gasteiger charge is -2.09. The van der Waals surface area contributed by atoms with Gasteiger partial charge in [-0.2, -0.15) is 0 Å². The number of nitrogens with two attached hydrogens (primary N) is 1. The van der Waals surface area contributed by atoms with Crippen LogP contribution in [-0.2, 0) is 4.79 Å². The van der Waals surface area contributed by atoms with Gasteiger partial charge in [0, 0.05) is 11.1 Å². The fraction of sp³-hybridized carbons (Fsp3) is 0.111. The van der Waals surface area contributed by atoms with Gasteiger partial charge in [-0.25, -0.2) is 0 Å². The Morgan fingerprint density at radius 1 is 1.21 bits per heavy atom. The normalized spacial score (nSPS) is 10.6. The minimum absolute atomic E-state index is 0.228. The molecule has 24 heavy (non-hydrogen) atoms. The Hall–Kier alpha value is -2.79. The highest BCUT2D eigenvalue weighted by Crippen LogP contribution is 2.25. The number of methoxy groups -OCH3 is 1. The molecule has 0 atom stereocenters. The number of hydrogen-bond donors (Lipinski definition) is 1. The van der Waals surface area contributed by atoms with Crippen LogP contribution in [0, 0.1) is 0 Å².